The Balaban J connectivity index is 1.54. The summed E-state index contributed by atoms with van der Waals surface area (Å²) in [5.41, 5.74) is 2.57. The number of aromatic nitrogens is 2. The summed E-state index contributed by atoms with van der Waals surface area (Å²) in [7, 11) is 0. The fourth-order valence-corrected chi connectivity index (χ4v) is 2.81. The Morgan fingerprint density at radius 3 is 2.44 bits per heavy atom. The molecule has 140 valence electrons. The molecule has 0 aliphatic rings. The van der Waals surface area contributed by atoms with E-state index < -0.39 is 0 Å². The number of furan rings is 1. The third-order valence-electron chi connectivity index (χ3n) is 4.14. The summed E-state index contributed by atoms with van der Waals surface area (Å²) >= 11 is 0. The lowest BCUT2D eigenvalue weighted by Crippen LogP contribution is -2.34. The van der Waals surface area contributed by atoms with E-state index in [0.29, 0.717) is 31.6 Å². The maximum atomic E-state index is 12.5. The second-order valence-electron chi connectivity index (χ2n) is 5.99. The maximum absolute atomic E-state index is 12.5. The molecule has 0 spiro atoms. The molecule has 0 fully saturated rings. The van der Waals surface area contributed by atoms with Crippen molar-refractivity contribution in [3.63, 3.8) is 0 Å². The SMILES string of the molecule is CCc1c(C(=O)NCCNC(=O)c2ccco2)cnn1Cc1ccccc1. The van der Waals surface area contributed by atoms with Crippen molar-refractivity contribution in [2.45, 2.75) is 19.9 Å². The van der Waals surface area contributed by atoms with Gasteiger partial charge in [0.1, 0.15) is 0 Å². The highest BCUT2D eigenvalue weighted by atomic mass is 16.3. The van der Waals surface area contributed by atoms with Crippen LogP contribution in [0.1, 0.15) is 39.1 Å². The predicted octanol–water partition coefficient (Wildman–Crippen LogP) is 2.25. The van der Waals surface area contributed by atoms with Gasteiger partial charge >= 0.3 is 0 Å². The van der Waals surface area contributed by atoms with Gasteiger partial charge in [0.25, 0.3) is 11.8 Å². The topological polar surface area (TPSA) is 89.2 Å². The van der Waals surface area contributed by atoms with Gasteiger partial charge in [0.05, 0.1) is 30.3 Å². The number of nitrogens with zero attached hydrogens (tertiary/aromatic N) is 2. The van der Waals surface area contributed by atoms with Gasteiger partial charge in [-0.05, 0) is 24.1 Å². The van der Waals surface area contributed by atoms with Gasteiger partial charge in [0.15, 0.2) is 5.76 Å². The van der Waals surface area contributed by atoms with E-state index in [9.17, 15) is 9.59 Å². The van der Waals surface area contributed by atoms with E-state index >= 15 is 0 Å². The van der Waals surface area contributed by atoms with Crippen LogP contribution in [0.3, 0.4) is 0 Å². The van der Waals surface area contributed by atoms with Crippen LogP contribution in [0.25, 0.3) is 0 Å². The number of carbonyl (C=O) groups excluding carboxylic acids is 2. The Kier molecular flexibility index (Phi) is 6.04. The molecule has 0 saturated heterocycles. The van der Waals surface area contributed by atoms with Crippen molar-refractivity contribution in [3.8, 4) is 0 Å². The fraction of sp³-hybridized carbons (Fsp3) is 0.250. The van der Waals surface area contributed by atoms with E-state index in [1.165, 1.54) is 6.26 Å². The van der Waals surface area contributed by atoms with Gasteiger partial charge in [0, 0.05) is 13.1 Å². The summed E-state index contributed by atoms with van der Waals surface area (Å²) in [6, 6.07) is 13.2. The fourth-order valence-electron chi connectivity index (χ4n) is 2.81. The largest absolute Gasteiger partial charge is 0.459 e. The van der Waals surface area contributed by atoms with E-state index in [1.54, 1.807) is 18.3 Å². The molecule has 0 saturated carbocycles. The van der Waals surface area contributed by atoms with Crippen LogP contribution in [0, 0.1) is 0 Å². The second-order valence-corrected chi connectivity index (χ2v) is 5.99. The first-order valence-corrected chi connectivity index (χ1v) is 8.87. The molecule has 7 heteroatoms. The molecular formula is C20H22N4O3. The van der Waals surface area contributed by atoms with Crippen molar-refractivity contribution >= 4 is 11.8 Å². The van der Waals surface area contributed by atoms with E-state index in [0.717, 1.165) is 11.3 Å². The second kappa shape index (κ2) is 8.84. The molecule has 0 bridgehead atoms. The quantitative estimate of drug-likeness (QED) is 0.599. The Morgan fingerprint density at radius 1 is 1.04 bits per heavy atom. The summed E-state index contributed by atoms with van der Waals surface area (Å²) in [6.45, 7) is 3.25. The molecule has 2 amide bonds. The Labute approximate surface area is 157 Å². The molecule has 0 unspecified atom stereocenters. The molecule has 2 heterocycles. The minimum Gasteiger partial charge on any atom is -0.459 e. The van der Waals surface area contributed by atoms with Gasteiger partial charge in [-0.3, -0.25) is 14.3 Å². The maximum Gasteiger partial charge on any atom is 0.287 e. The molecule has 0 aliphatic carbocycles. The van der Waals surface area contributed by atoms with E-state index in [1.807, 2.05) is 41.9 Å². The highest BCUT2D eigenvalue weighted by Gasteiger charge is 2.16. The molecule has 0 aliphatic heterocycles. The summed E-state index contributed by atoms with van der Waals surface area (Å²) in [6.07, 6.45) is 3.74. The zero-order chi connectivity index (χ0) is 19.1. The van der Waals surface area contributed by atoms with Crippen molar-refractivity contribution < 1.29 is 14.0 Å². The third kappa shape index (κ3) is 4.63. The first-order chi connectivity index (χ1) is 13.2. The molecule has 0 radical (unpaired) electrons. The standard InChI is InChI=1S/C20H22N4O3/c1-2-17-16(13-23-24(17)14-15-7-4-3-5-8-15)19(25)21-10-11-22-20(26)18-9-6-12-27-18/h3-9,12-13H,2,10-11,14H2,1H3,(H,21,25)(H,22,26). The molecule has 3 aromatic rings. The van der Waals surface area contributed by atoms with Crippen LogP contribution in [-0.2, 0) is 13.0 Å². The van der Waals surface area contributed by atoms with Crippen LogP contribution in [0.2, 0.25) is 0 Å². The van der Waals surface area contributed by atoms with Crippen molar-refractivity contribution in [1.82, 2.24) is 20.4 Å². The van der Waals surface area contributed by atoms with Crippen molar-refractivity contribution in [1.29, 1.82) is 0 Å². The van der Waals surface area contributed by atoms with Crippen LogP contribution in [0.4, 0.5) is 0 Å². The molecule has 1 aromatic carbocycles. The normalized spacial score (nSPS) is 10.6. The monoisotopic (exact) mass is 366 g/mol. The highest BCUT2D eigenvalue weighted by molar-refractivity contribution is 5.95. The summed E-state index contributed by atoms with van der Waals surface area (Å²) < 4.78 is 6.86. The Morgan fingerprint density at radius 2 is 1.78 bits per heavy atom. The molecule has 0 atom stereocenters. The van der Waals surface area contributed by atoms with E-state index in [-0.39, 0.29) is 17.6 Å². The molecule has 3 rings (SSSR count). The molecule has 2 N–H and O–H groups in total. The molecular weight excluding hydrogens is 344 g/mol. The van der Waals surface area contributed by atoms with Gasteiger partial charge < -0.3 is 15.1 Å². The smallest absolute Gasteiger partial charge is 0.287 e. The summed E-state index contributed by atoms with van der Waals surface area (Å²) in [5, 5.41) is 9.87. The van der Waals surface area contributed by atoms with Gasteiger partial charge in [-0.15, -0.1) is 0 Å². The lowest BCUT2D eigenvalue weighted by molar-refractivity contribution is 0.0910. The third-order valence-corrected chi connectivity index (χ3v) is 4.14. The summed E-state index contributed by atoms with van der Waals surface area (Å²) in [5.74, 6) is -0.255. The van der Waals surface area contributed by atoms with Gasteiger partial charge in [0.2, 0.25) is 0 Å². The average Bonchev–Trinajstić information content (AvgIpc) is 3.35. The van der Waals surface area contributed by atoms with Crippen molar-refractivity contribution in [3.05, 3.63) is 77.5 Å². The van der Waals surface area contributed by atoms with Crippen LogP contribution < -0.4 is 10.6 Å². The minimum atomic E-state index is -0.306. The van der Waals surface area contributed by atoms with Crippen molar-refractivity contribution in [2.75, 3.05) is 13.1 Å². The zero-order valence-electron chi connectivity index (χ0n) is 15.1. The van der Waals surface area contributed by atoms with E-state index in [2.05, 4.69) is 15.7 Å². The first kappa shape index (κ1) is 18.4. The number of nitrogens with one attached hydrogen (secondary N) is 2. The number of hydrogen-bond donors (Lipinski definition) is 2. The number of benzene rings is 1. The Bertz CT molecular complexity index is 885. The number of hydrogen-bond acceptors (Lipinski definition) is 4. The number of rotatable bonds is 8. The molecule has 2 aromatic heterocycles. The average molecular weight is 366 g/mol. The molecule has 27 heavy (non-hydrogen) atoms. The number of amides is 2. The summed E-state index contributed by atoms with van der Waals surface area (Å²) in [4.78, 5) is 24.2. The lowest BCUT2D eigenvalue weighted by Gasteiger charge is -2.09. The molecule has 7 nitrogen and oxygen atoms in total. The van der Waals surface area contributed by atoms with Gasteiger partial charge in [-0.1, -0.05) is 37.3 Å². The van der Waals surface area contributed by atoms with Gasteiger partial charge in [-0.2, -0.15) is 5.10 Å². The van der Waals surface area contributed by atoms with Crippen LogP contribution >= 0.6 is 0 Å². The van der Waals surface area contributed by atoms with Crippen LogP contribution in [0.15, 0.2) is 59.3 Å². The van der Waals surface area contributed by atoms with E-state index in [4.69, 9.17) is 4.42 Å². The van der Waals surface area contributed by atoms with Crippen molar-refractivity contribution in [2.24, 2.45) is 0 Å². The Hall–Kier alpha value is -3.35. The van der Waals surface area contributed by atoms with Gasteiger partial charge in [-0.25, -0.2) is 0 Å². The van der Waals surface area contributed by atoms with Crippen LogP contribution in [-0.4, -0.2) is 34.7 Å². The first-order valence-electron chi connectivity index (χ1n) is 8.87. The zero-order valence-corrected chi connectivity index (χ0v) is 15.1. The minimum absolute atomic E-state index is 0.196. The number of carbonyl (C=O) groups is 2. The lowest BCUT2D eigenvalue weighted by atomic mass is 10.1. The van der Waals surface area contributed by atoms with Crippen LogP contribution in [0.5, 0.6) is 0 Å². The highest BCUT2D eigenvalue weighted by Crippen LogP contribution is 2.12. The predicted molar refractivity (Wildman–Crippen MR) is 101 cm³/mol.